The zero-order valence-corrected chi connectivity index (χ0v) is 9.63. The van der Waals surface area contributed by atoms with E-state index in [0.29, 0.717) is 31.0 Å². The minimum Gasteiger partial charge on any atom is -0.361 e. The van der Waals surface area contributed by atoms with Gasteiger partial charge >= 0.3 is 6.18 Å². The maximum atomic E-state index is 12.6. The van der Waals surface area contributed by atoms with E-state index in [9.17, 15) is 13.2 Å². The highest BCUT2D eigenvalue weighted by atomic mass is 19.4. The molecule has 3 nitrogen and oxygen atoms in total. The van der Waals surface area contributed by atoms with E-state index in [1.165, 1.54) is 0 Å². The van der Waals surface area contributed by atoms with Crippen molar-refractivity contribution in [1.29, 1.82) is 0 Å². The fourth-order valence-electron chi connectivity index (χ4n) is 2.19. The molecule has 0 spiro atoms. The fourth-order valence-corrected chi connectivity index (χ4v) is 2.19. The number of piperidine rings is 1. The fraction of sp³-hybridized carbons (Fsp3) is 0.727. The molecule has 1 aromatic heterocycles. The Morgan fingerprint density at radius 2 is 2.29 bits per heavy atom. The molecular formula is C11H15F3N2O. The number of alkyl halides is 3. The Hall–Kier alpha value is -1.04. The van der Waals surface area contributed by atoms with Crippen LogP contribution in [-0.2, 0) is 6.54 Å². The first-order valence-electron chi connectivity index (χ1n) is 5.66. The molecule has 0 amide bonds. The van der Waals surface area contributed by atoms with Gasteiger partial charge in [-0.15, -0.1) is 0 Å². The van der Waals surface area contributed by atoms with Crippen molar-refractivity contribution < 1.29 is 17.7 Å². The first-order chi connectivity index (χ1) is 7.95. The van der Waals surface area contributed by atoms with Gasteiger partial charge in [0, 0.05) is 19.2 Å². The molecule has 6 heteroatoms. The van der Waals surface area contributed by atoms with Crippen LogP contribution in [0.5, 0.6) is 0 Å². The van der Waals surface area contributed by atoms with Crippen molar-refractivity contribution in [2.45, 2.75) is 32.5 Å². The molecular weight excluding hydrogens is 233 g/mol. The third-order valence-electron chi connectivity index (χ3n) is 3.03. The lowest BCUT2D eigenvalue weighted by Crippen LogP contribution is -2.41. The average Bonchev–Trinajstić information content (AvgIpc) is 2.63. The lowest BCUT2D eigenvalue weighted by Gasteiger charge is -2.33. The van der Waals surface area contributed by atoms with E-state index in [4.69, 9.17) is 4.52 Å². The highest BCUT2D eigenvalue weighted by molar-refractivity contribution is 5.03. The maximum absolute atomic E-state index is 12.6. The van der Waals surface area contributed by atoms with E-state index in [-0.39, 0.29) is 13.0 Å². The van der Waals surface area contributed by atoms with Crippen LogP contribution in [0.3, 0.4) is 0 Å². The molecule has 0 radical (unpaired) electrons. The summed E-state index contributed by atoms with van der Waals surface area (Å²) in [5.74, 6) is -0.520. The predicted octanol–water partition coefficient (Wildman–Crippen LogP) is 2.76. The van der Waals surface area contributed by atoms with Gasteiger partial charge in [-0.3, -0.25) is 4.90 Å². The topological polar surface area (TPSA) is 29.3 Å². The van der Waals surface area contributed by atoms with Crippen molar-refractivity contribution in [3.63, 3.8) is 0 Å². The highest BCUT2D eigenvalue weighted by Gasteiger charge is 2.41. The summed E-state index contributed by atoms with van der Waals surface area (Å²) in [6.45, 7) is 2.96. The standard InChI is InChI=1S/C11H15F3N2O/c1-8-5-10(15-17-8)7-16-4-2-3-9(6-16)11(12,13)14/h5,9H,2-4,6-7H2,1H3. The van der Waals surface area contributed by atoms with Gasteiger partial charge in [-0.25, -0.2) is 0 Å². The number of rotatable bonds is 2. The molecule has 17 heavy (non-hydrogen) atoms. The van der Waals surface area contributed by atoms with Crippen molar-refractivity contribution in [3.8, 4) is 0 Å². The molecule has 96 valence electrons. The third kappa shape index (κ3) is 3.21. The summed E-state index contributed by atoms with van der Waals surface area (Å²) < 4.78 is 42.7. The van der Waals surface area contributed by atoms with Crippen molar-refractivity contribution in [2.75, 3.05) is 13.1 Å². The number of aryl methyl sites for hydroxylation is 1. The molecule has 1 atom stereocenters. The normalized spacial score (nSPS) is 22.9. The highest BCUT2D eigenvalue weighted by Crippen LogP contribution is 2.33. The summed E-state index contributed by atoms with van der Waals surface area (Å²) in [5.41, 5.74) is 0.699. The number of aromatic nitrogens is 1. The molecule has 1 aliphatic rings. The summed E-state index contributed by atoms with van der Waals surface area (Å²) in [6, 6.07) is 1.76. The molecule has 1 aromatic rings. The van der Waals surface area contributed by atoms with Gasteiger partial charge in [0.1, 0.15) is 5.76 Å². The molecule has 0 aliphatic carbocycles. The van der Waals surface area contributed by atoms with Crippen LogP contribution in [0.4, 0.5) is 13.2 Å². The van der Waals surface area contributed by atoms with Gasteiger partial charge in [-0.05, 0) is 26.3 Å². The van der Waals surface area contributed by atoms with Crippen LogP contribution in [0, 0.1) is 12.8 Å². The van der Waals surface area contributed by atoms with Crippen LogP contribution in [0.25, 0.3) is 0 Å². The van der Waals surface area contributed by atoms with Gasteiger partial charge < -0.3 is 4.52 Å². The lowest BCUT2D eigenvalue weighted by atomic mass is 9.97. The Morgan fingerprint density at radius 1 is 1.53 bits per heavy atom. The van der Waals surface area contributed by atoms with Gasteiger partial charge in [-0.1, -0.05) is 5.16 Å². The first kappa shape index (κ1) is 12.4. The third-order valence-corrected chi connectivity index (χ3v) is 3.03. The number of hydrogen-bond acceptors (Lipinski definition) is 3. The van der Waals surface area contributed by atoms with Gasteiger partial charge in [0.05, 0.1) is 11.6 Å². The van der Waals surface area contributed by atoms with Crippen LogP contribution in [0.2, 0.25) is 0 Å². The summed E-state index contributed by atoms with van der Waals surface area (Å²) in [4.78, 5) is 1.79. The zero-order valence-electron chi connectivity index (χ0n) is 9.63. The van der Waals surface area contributed by atoms with Gasteiger partial charge in [0.2, 0.25) is 0 Å². The van der Waals surface area contributed by atoms with Crippen LogP contribution in [0.1, 0.15) is 24.3 Å². The number of likely N-dealkylation sites (tertiary alicyclic amines) is 1. The number of halogens is 3. The van der Waals surface area contributed by atoms with Crippen LogP contribution < -0.4 is 0 Å². The van der Waals surface area contributed by atoms with Crippen molar-refractivity contribution in [3.05, 3.63) is 17.5 Å². The second kappa shape index (κ2) is 4.68. The maximum Gasteiger partial charge on any atom is 0.393 e. The summed E-state index contributed by atoms with van der Waals surface area (Å²) >= 11 is 0. The van der Waals surface area contributed by atoms with Gasteiger partial charge in [-0.2, -0.15) is 13.2 Å². The smallest absolute Gasteiger partial charge is 0.361 e. The molecule has 0 N–H and O–H groups in total. The molecule has 2 heterocycles. The largest absolute Gasteiger partial charge is 0.393 e. The Bertz CT molecular complexity index is 375. The Kier molecular flexibility index (Phi) is 3.42. The number of nitrogens with zero attached hydrogens (tertiary/aromatic N) is 2. The Morgan fingerprint density at radius 3 is 2.88 bits per heavy atom. The monoisotopic (exact) mass is 248 g/mol. The molecule has 1 saturated heterocycles. The molecule has 1 unspecified atom stereocenters. The molecule has 0 aromatic carbocycles. The number of hydrogen-bond donors (Lipinski definition) is 0. The summed E-state index contributed by atoms with van der Waals surface area (Å²) in [6.07, 6.45) is -3.27. The van der Waals surface area contributed by atoms with Crippen LogP contribution in [-0.4, -0.2) is 29.3 Å². The van der Waals surface area contributed by atoms with Crippen LogP contribution >= 0.6 is 0 Å². The molecule has 0 saturated carbocycles. The summed E-state index contributed by atoms with van der Waals surface area (Å²) in [7, 11) is 0. The van der Waals surface area contributed by atoms with Gasteiger partial charge in [0.25, 0.3) is 0 Å². The van der Waals surface area contributed by atoms with Crippen molar-refractivity contribution in [1.82, 2.24) is 10.1 Å². The Labute approximate surface area is 97.6 Å². The SMILES string of the molecule is Cc1cc(CN2CCCC(C(F)(F)F)C2)no1. The van der Waals surface area contributed by atoms with E-state index >= 15 is 0 Å². The molecule has 1 fully saturated rings. The van der Waals surface area contributed by atoms with E-state index in [0.717, 1.165) is 0 Å². The van der Waals surface area contributed by atoms with Crippen LogP contribution in [0.15, 0.2) is 10.6 Å². The lowest BCUT2D eigenvalue weighted by molar-refractivity contribution is -0.187. The zero-order chi connectivity index (χ0) is 12.5. The van der Waals surface area contributed by atoms with Crippen molar-refractivity contribution in [2.24, 2.45) is 5.92 Å². The van der Waals surface area contributed by atoms with Gasteiger partial charge in [0.15, 0.2) is 0 Å². The molecule has 1 aliphatic heterocycles. The second-order valence-corrected chi connectivity index (χ2v) is 4.54. The van der Waals surface area contributed by atoms with Crippen molar-refractivity contribution >= 4 is 0 Å². The second-order valence-electron chi connectivity index (χ2n) is 4.54. The van der Waals surface area contributed by atoms with E-state index in [1.807, 2.05) is 0 Å². The van der Waals surface area contributed by atoms with E-state index < -0.39 is 12.1 Å². The average molecular weight is 248 g/mol. The van der Waals surface area contributed by atoms with E-state index in [1.54, 1.807) is 17.9 Å². The predicted molar refractivity (Wildman–Crippen MR) is 55.3 cm³/mol. The Balaban J connectivity index is 1.94. The molecule has 2 rings (SSSR count). The first-order valence-corrected chi connectivity index (χ1v) is 5.66. The quantitative estimate of drug-likeness (QED) is 0.806. The molecule has 0 bridgehead atoms. The minimum absolute atomic E-state index is 0.0649. The summed E-state index contributed by atoms with van der Waals surface area (Å²) in [5, 5.41) is 3.80. The minimum atomic E-state index is -4.08. The van der Waals surface area contributed by atoms with E-state index in [2.05, 4.69) is 5.16 Å².